The summed E-state index contributed by atoms with van der Waals surface area (Å²) in [7, 11) is -1.93. The molecule has 2 N–H and O–H groups in total. The van der Waals surface area contributed by atoms with E-state index in [0.29, 0.717) is 18.9 Å². The number of hydrogen-bond acceptors (Lipinski definition) is 5. The second kappa shape index (κ2) is 9.49. The van der Waals surface area contributed by atoms with Crippen LogP contribution in [0.5, 0.6) is 5.75 Å². The SMILES string of the molecule is CCCNS(=O)(=O)c1ccc(OCC(=O)N[C@@H](C)COC)cc1. The minimum Gasteiger partial charge on any atom is -0.484 e. The van der Waals surface area contributed by atoms with E-state index in [4.69, 9.17) is 9.47 Å². The van der Waals surface area contributed by atoms with Crippen LogP contribution in [0.25, 0.3) is 0 Å². The average molecular weight is 344 g/mol. The van der Waals surface area contributed by atoms with Crippen LogP contribution in [0, 0.1) is 0 Å². The molecule has 8 heteroatoms. The Balaban J connectivity index is 2.53. The van der Waals surface area contributed by atoms with Crippen molar-refractivity contribution in [2.45, 2.75) is 31.2 Å². The Morgan fingerprint density at radius 2 is 1.91 bits per heavy atom. The lowest BCUT2D eigenvalue weighted by Crippen LogP contribution is -2.38. The van der Waals surface area contributed by atoms with Gasteiger partial charge in [0.25, 0.3) is 5.91 Å². The molecule has 1 amide bonds. The molecule has 0 unspecified atom stereocenters. The van der Waals surface area contributed by atoms with Gasteiger partial charge in [0.05, 0.1) is 11.5 Å². The Hall–Kier alpha value is -1.64. The van der Waals surface area contributed by atoms with Gasteiger partial charge in [-0.2, -0.15) is 0 Å². The lowest BCUT2D eigenvalue weighted by atomic mass is 10.3. The van der Waals surface area contributed by atoms with Crippen LogP contribution in [-0.4, -0.2) is 47.2 Å². The summed E-state index contributed by atoms with van der Waals surface area (Å²) >= 11 is 0. The predicted octanol–water partition coefficient (Wildman–Crippen LogP) is 0.905. The van der Waals surface area contributed by atoms with Gasteiger partial charge in [0, 0.05) is 19.7 Å². The number of rotatable bonds is 10. The molecule has 0 aliphatic carbocycles. The monoisotopic (exact) mass is 344 g/mol. The Morgan fingerprint density at radius 1 is 1.26 bits per heavy atom. The standard InChI is InChI=1S/C15H24N2O5S/c1-4-9-16-23(19,20)14-7-5-13(6-8-14)22-11-15(18)17-12(2)10-21-3/h5-8,12,16H,4,9-11H2,1-3H3,(H,17,18)/t12-/m0/s1. The molecule has 0 aromatic heterocycles. The van der Waals surface area contributed by atoms with Gasteiger partial charge in [0.2, 0.25) is 10.0 Å². The summed E-state index contributed by atoms with van der Waals surface area (Å²) < 4.78 is 36.6. The molecular formula is C15H24N2O5S. The summed E-state index contributed by atoms with van der Waals surface area (Å²) in [5.74, 6) is 0.157. The molecule has 23 heavy (non-hydrogen) atoms. The quantitative estimate of drug-likeness (QED) is 0.658. The van der Waals surface area contributed by atoms with Gasteiger partial charge in [-0.3, -0.25) is 4.79 Å². The number of hydrogen-bond donors (Lipinski definition) is 2. The fourth-order valence-electron chi connectivity index (χ4n) is 1.79. The van der Waals surface area contributed by atoms with Crippen LogP contribution >= 0.6 is 0 Å². The lowest BCUT2D eigenvalue weighted by Gasteiger charge is -2.13. The summed E-state index contributed by atoms with van der Waals surface area (Å²) in [4.78, 5) is 11.8. The summed E-state index contributed by atoms with van der Waals surface area (Å²) in [6, 6.07) is 5.82. The Labute approximate surface area is 137 Å². The molecule has 0 aliphatic rings. The molecule has 0 saturated carbocycles. The van der Waals surface area contributed by atoms with Gasteiger partial charge in [-0.05, 0) is 37.6 Å². The van der Waals surface area contributed by atoms with Crippen LogP contribution in [0.3, 0.4) is 0 Å². The van der Waals surface area contributed by atoms with E-state index in [2.05, 4.69) is 10.0 Å². The zero-order valence-electron chi connectivity index (χ0n) is 13.7. The minimum absolute atomic E-state index is 0.103. The maximum atomic E-state index is 11.9. The Kier molecular flexibility index (Phi) is 8.01. The first kappa shape index (κ1) is 19.4. The molecule has 7 nitrogen and oxygen atoms in total. The molecule has 1 atom stereocenters. The van der Waals surface area contributed by atoms with Crippen molar-refractivity contribution in [3.63, 3.8) is 0 Å². The molecule has 0 spiro atoms. The second-order valence-corrected chi connectivity index (χ2v) is 6.85. The fourth-order valence-corrected chi connectivity index (χ4v) is 2.93. The zero-order chi connectivity index (χ0) is 17.3. The van der Waals surface area contributed by atoms with Crippen molar-refractivity contribution in [3.05, 3.63) is 24.3 Å². The minimum atomic E-state index is -3.49. The van der Waals surface area contributed by atoms with Crippen LogP contribution in [0.2, 0.25) is 0 Å². The molecule has 1 aromatic rings. The van der Waals surface area contributed by atoms with Crippen LogP contribution in [0.15, 0.2) is 29.2 Å². The van der Waals surface area contributed by atoms with Crippen molar-refractivity contribution < 1.29 is 22.7 Å². The molecule has 0 saturated heterocycles. The number of nitrogens with one attached hydrogen (secondary N) is 2. The van der Waals surface area contributed by atoms with E-state index in [9.17, 15) is 13.2 Å². The van der Waals surface area contributed by atoms with Gasteiger partial charge in [0.1, 0.15) is 5.75 Å². The van der Waals surface area contributed by atoms with Crippen molar-refractivity contribution in [2.24, 2.45) is 0 Å². The third-order valence-electron chi connectivity index (χ3n) is 2.87. The van der Waals surface area contributed by atoms with Gasteiger partial charge in [-0.15, -0.1) is 0 Å². The number of carbonyl (C=O) groups excluding carboxylic acids is 1. The largest absolute Gasteiger partial charge is 0.484 e. The van der Waals surface area contributed by atoms with E-state index in [0.717, 1.165) is 6.42 Å². The smallest absolute Gasteiger partial charge is 0.258 e. The van der Waals surface area contributed by atoms with Crippen LogP contribution in [0.1, 0.15) is 20.3 Å². The first-order chi connectivity index (χ1) is 10.9. The van der Waals surface area contributed by atoms with Crippen LogP contribution in [0.4, 0.5) is 0 Å². The highest BCUT2D eigenvalue weighted by Gasteiger charge is 2.13. The van der Waals surface area contributed by atoms with Crippen molar-refractivity contribution in [3.8, 4) is 5.75 Å². The predicted molar refractivity (Wildman–Crippen MR) is 86.9 cm³/mol. The third-order valence-corrected chi connectivity index (χ3v) is 4.35. The first-order valence-electron chi connectivity index (χ1n) is 7.40. The van der Waals surface area contributed by atoms with E-state index in [1.807, 2.05) is 13.8 Å². The molecule has 0 fully saturated rings. The molecule has 0 aliphatic heterocycles. The lowest BCUT2D eigenvalue weighted by molar-refractivity contribution is -0.124. The van der Waals surface area contributed by atoms with E-state index < -0.39 is 10.0 Å². The number of amides is 1. The number of sulfonamides is 1. The van der Waals surface area contributed by atoms with Crippen molar-refractivity contribution >= 4 is 15.9 Å². The van der Waals surface area contributed by atoms with Gasteiger partial charge >= 0.3 is 0 Å². The number of carbonyl (C=O) groups is 1. The zero-order valence-corrected chi connectivity index (χ0v) is 14.5. The molecule has 0 bridgehead atoms. The molecule has 130 valence electrons. The number of ether oxygens (including phenoxy) is 2. The van der Waals surface area contributed by atoms with Crippen LogP contribution < -0.4 is 14.8 Å². The maximum absolute atomic E-state index is 11.9. The summed E-state index contributed by atoms with van der Waals surface area (Å²) in [5, 5.41) is 2.72. The normalized spacial score (nSPS) is 12.7. The van der Waals surface area contributed by atoms with Crippen molar-refractivity contribution in [2.75, 3.05) is 26.9 Å². The Morgan fingerprint density at radius 3 is 2.48 bits per heavy atom. The van der Waals surface area contributed by atoms with Gasteiger partial charge < -0.3 is 14.8 Å². The van der Waals surface area contributed by atoms with Crippen LogP contribution in [-0.2, 0) is 19.6 Å². The Bertz CT molecular complexity index is 586. The summed E-state index contributed by atoms with van der Waals surface area (Å²) in [6.45, 7) is 4.38. The molecular weight excluding hydrogens is 320 g/mol. The molecule has 1 rings (SSSR count). The molecule has 0 radical (unpaired) electrons. The average Bonchev–Trinajstić information content (AvgIpc) is 2.51. The van der Waals surface area contributed by atoms with Gasteiger partial charge in [-0.1, -0.05) is 6.92 Å². The highest BCUT2D eigenvalue weighted by molar-refractivity contribution is 7.89. The van der Waals surface area contributed by atoms with E-state index in [1.54, 1.807) is 7.11 Å². The number of benzene rings is 1. The topological polar surface area (TPSA) is 93.7 Å². The van der Waals surface area contributed by atoms with E-state index >= 15 is 0 Å². The molecule has 1 aromatic carbocycles. The second-order valence-electron chi connectivity index (χ2n) is 5.08. The van der Waals surface area contributed by atoms with Crippen molar-refractivity contribution in [1.82, 2.24) is 10.0 Å². The summed E-state index contributed by atoms with van der Waals surface area (Å²) in [5.41, 5.74) is 0. The first-order valence-corrected chi connectivity index (χ1v) is 8.88. The van der Waals surface area contributed by atoms with E-state index in [1.165, 1.54) is 24.3 Å². The highest BCUT2D eigenvalue weighted by atomic mass is 32.2. The van der Waals surface area contributed by atoms with Gasteiger partial charge in [-0.25, -0.2) is 13.1 Å². The van der Waals surface area contributed by atoms with E-state index in [-0.39, 0.29) is 23.5 Å². The summed E-state index contributed by atoms with van der Waals surface area (Å²) in [6.07, 6.45) is 0.719. The fraction of sp³-hybridized carbons (Fsp3) is 0.533. The van der Waals surface area contributed by atoms with Crippen molar-refractivity contribution in [1.29, 1.82) is 0 Å². The maximum Gasteiger partial charge on any atom is 0.258 e. The number of methoxy groups -OCH3 is 1. The molecule has 0 heterocycles. The third kappa shape index (κ3) is 6.98. The highest BCUT2D eigenvalue weighted by Crippen LogP contribution is 2.15. The van der Waals surface area contributed by atoms with Gasteiger partial charge in [0.15, 0.2) is 6.61 Å².